The summed E-state index contributed by atoms with van der Waals surface area (Å²) in [7, 11) is 0. The van der Waals surface area contributed by atoms with Crippen LogP contribution in [-0.2, 0) is 0 Å². The lowest BCUT2D eigenvalue weighted by atomic mass is 10.2. The summed E-state index contributed by atoms with van der Waals surface area (Å²) in [5, 5.41) is 1.05. The van der Waals surface area contributed by atoms with Crippen molar-refractivity contribution < 1.29 is 4.39 Å². The SMILES string of the molecule is CCN1CCC(n2cc(C)c3cc(F)ccc32)C1. The van der Waals surface area contributed by atoms with Crippen molar-refractivity contribution in [1.29, 1.82) is 0 Å². The van der Waals surface area contributed by atoms with Crippen molar-refractivity contribution in [3.05, 3.63) is 35.8 Å². The fourth-order valence-electron chi connectivity index (χ4n) is 3.03. The number of benzene rings is 1. The second-order valence-electron chi connectivity index (χ2n) is 5.22. The zero-order valence-electron chi connectivity index (χ0n) is 11.0. The number of aromatic nitrogens is 1. The van der Waals surface area contributed by atoms with Gasteiger partial charge in [0, 0.05) is 36.2 Å². The predicted molar refractivity (Wildman–Crippen MR) is 72.4 cm³/mol. The van der Waals surface area contributed by atoms with E-state index in [9.17, 15) is 4.39 Å². The van der Waals surface area contributed by atoms with Gasteiger partial charge in [0.2, 0.25) is 0 Å². The number of hydrogen-bond acceptors (Lipinski definition) is 1. The smallest absolute Gasteiger partial charge is 0.123 e. The van der Waals surface area contributed by atoms with Crippen molar-refractivity contribution in [1.82, 2.24) is 9.47 Å². The van der Waals surface area contributed by atoms with Gasteiger partial charge in [-0.3, -0.25) is 0 Å². The maximum absolute atomic E-state index is 13.3. The molecule has 1 atom stereocenters. The Morgan fingerprint density at radius 2 is 2.22 bits per heavy atom. The molecule has 1 saturated heterocycles. The van der Waals surface area contributed by atoms with Crippen LogP contribution in [0.5, 0.6) is 0 Å². The molecule has 0 bridgehead atoms. The molecule has 1 fully saturated rings. The summed E-state index contributed by atoms with van der Waals surface area (Å²) in [4.78, 5) is 2.47. The Hall–Kier alpha value is -1.35. The zero-order chi connectivity index (χ0) is 12.7. The summed E-state index contributed by atoms with van der Waals surface area (Å²) in [5.74, 6) is -0.148. The number of likely N-dealkylation sites (N-methyl/N-ethyl adjacent to an activating group) is 1. The highest BCUT2D eigenvalue weighted by atomic mass is 19.1. The van der Waals surface area contributed by atoms with Crippen molar-refractivity contribution in [2.24, 2.45) is 0 Å². The van der Waals surface area contributed by atoms with Crippen molar-refractivity contribution in [3.8, 4) is 0 Å². The third-order valence-electron chi connectivity index (χ3n) is 4.08. The number of aryl methyl sites for hydroxylation is 1. The van der Waals surface area contributed by atoms with Crippen molar-refractivity contribution >= 4 is 10.9 Å². The average molecular weight is 246 g/mol. The van der Waals surface area contributed by atoms with Crippen LogP contribution in [0.3, 0.4) is 0 Å². The first-order chi connectivity index (χ1) is 8.69. The highest BCUT2D eigenvalue weighted by Gasteiger charge is 2.23. The topological polar surface area (TPSA) is 8.17 Å². The molecule has 1 aromatic carbocycles. The van der Waals surface area contributed by atoms with Crippen LogP contribution in [0, 0.1) is 12.7 Å². The Bertz CT molecular complexity index is 573. The lowest BCUT2D eigenvalue weighted by Gasteiger charge is -2.15. The van der Waals surface area contributed by atoms with Crippen LogP contribution >= 0.6 is 0 Å². The largest absolute Gasteiger partial charge is 0.343 e. The Morgan fingerprint density at radius 3 is 2.94 bits per heavy atom. The van der Waals surface area contributed by atoms with E-state index in [2.05, 4.69) is 29.5 Å². The second kappa shape index (κ2) is 4.39. The molecule has 0 radical (unpaired) electrons. The molecule has 1 aromatic heterocycles. The molecule has 1 aliphatic rings. The summed E-state index contributed by atoms with van der Waals surface area (Å²) < 4.78 is 15.6. The second-order valence-corrected chi connectivity index (χ2v) is 5.22. The number of halogens is 1. The first-order valence-electron chi connectivity index (χ1n) is 6.68. The molecule has 2 heterocycles. The van der Waals surface area contributed by atoms with Crippen molar-refractivity contribution in [2.45, 2.75) is 26.3 Å². The average Bonchev–Trinajstić information content (AvgIpc) is 2.95. The van der Waals surface area contributed by atoms with E-state index in [1.165, 1.54) is 18.5 Å². The first kappa shape index (κ1) is 11.7. The number of likely N-dealkylation sites (tertiary alicyclic amines) is 1. The minimum absolute atomic E-state index is 0.148. The summed E-state index contributed by atoms with van der Waals surface area (Å²) in [6.45, 7) is 7.66. The van der Waals surface area contributed by atoms with Crippen LogP contribution in [0.2, 0.25) is 0 Å². The van der Waals surface area contributed by atoms with Gasteiger partial charge < -0.3 is 9.47 Å². The number of nitrogens with zero attached hydrogens (tertiary/aromatic N) is 2. The normalized spacial score (nSPS) is 20.9. The molecule has 0 saturated carbocycles. The van der Waals surface area contributed by atoms with E-state index in [1.807, 2.05) is 6.07 Å². The molecular weight excluding hydrogens is 227 g/mol. The molecule has 0 N–H and O–H groups in total. The minimum atomic E-state index is -0.148. The van der Waals surface area contributed by atoms with Crippen LogP contribution < -0.4 is 0 Å². The number of fused-ring (bicyclic) bond motifs is 1. The van der Waals surface area contributed by atoms with Crippen molar-refractivity contribution in [3.63, 3.8) is 0 Å². The lowest BCUT2D eigenvalue weighted by molar-refractivity contribution is 0.343. The molecule has 0 aliphatic carbocycles. The van der Waals surface area contributed by atoms with Crippen LogP contribution in [0.15, 0.2) is 24.4 Å². The van der Waals surface area contributed by atoms with E-state index in [0.717, 1.165) is 24.0 Å². The summed E-state index contributed by atoms with van der Waals surface area (Å²) in [6, 6.07) is 5.65. The molecule has 1 aliphatic heterocycles. The monoisotopic (exact) mass is 246 g/mol. The van der Waals surface area contributed by atoms with Gasteiger partial charge in [-0.2, -0.15) is 0 Å². The number of rotatable bonds is 2. The lowest BCUT2D eigenvalue weighted by Crippen LogP contribution is -2.20. The molecule has 2 nitrogen and oxygen atoms in total. The van der Waals surface area contributed by atoms with E-state index in [0.29, 0.717) is 6.04 Å². The Labute approximate surface area is 107 Å². The van der Waals surface area contributed by atoms with Gasteiger partial charge in [0.05, 0.1) is 0 Å². The van der Waals surface area contributed by atoms with Crippen LogP contribution in [0.25, 0.3) is 10.9 Å². The predicted octanol–water partition coefficient (Wildman–Crippen LogP) is 3.36. The van der Waals surface area contributed by atoms with E-state index in [1.54, 1.807) is 12.1 Å². The van der Waals surface area contributed by atoms with E-state index >= 15 is 0 Å². The van der Waals surface area contributed by atoms with Gasteiger partial charge in [-0.1, -0.05) is 6.92 Å². The molecular formula is C15H19FN2. The van der Waals surface area contributed by atoms with Gasteiger partial charge >= 0.3 is 0 Å². The molecule has 18 heavy (non-hydrogen) atoms. The molecule has 0 spiro atoms. The molecule has 3 heteroatoms. The van der Waals surface area contributed by atoms with Gasteiger partial charge in [0.15, 0.2) is 0 Å². The van der Waals surface area contributed by atoms with Gasteiger partial charge in [0.25, 0.3) is 0 Å². The summed E-state index contributed by atoms with van der Waals surface area (Å²) in [5.41, 5.74) is 2.33. The number of hydrogen-bond donors (Lipinski definition) is 0. The van der Waals surface area contributed by atoms with Gasteiger partial charge in [-0.15, -0.1) is 0 Å². The van der Waals surface area contributed by atoms with Crippen LogP contribution in [0.4, 0.5) is 4.39 Å². The van der Waals surface area contributed by atoms with E-state index < -0.39 is 0 Å². The van der Waals surface area contributed by atoms with Gasteiger partial charge in [-0.25, -0.2) is 4.39 Å². The Morgan fingerprint density at radius 1 is 1.39 bits per heavy atom. The molecule has 96 valence electrons. The maximum atomic E-state index is 13.3. The van der Waals surface area contributed by atoms with Crippen LogP contribution in [-0.4, -0.2) is 29.1 Å². The van der Waals surface area contributed by atoms with Gasteiger partial charge in [0.1, 0.15) is 5.82 Å². The van der Waals surface area contributed by atoms with Crippen molar-refractivity contribution in [2.75, 3.05) is 19.6 Å². The van der Waals surface area contributed by atoms with Gasteiger partial charge in [-0.05, 0) is 43.7 Å². The minimum Gasteiger partial charge on any atom is -0.343 e. The molecule has 1 unspecified atom stereocenters. The third-order valence-corrected chi connectivity index (χ3v) is 4.08. The summed E-state index contributed by atoms with van der Waals surface area (Å²) >= 11 is 0. The molecule has 2 aromatic rings. The standard InChI is InChI=1S/C15H19FN2/c1-3-17-7-6-13(10-17)18-9-11(2)14-8-12(16)4-5-15(14)18/h4-5,8-9,13H,3,6-7,10H2,1-2H3. The summed E-state index contributed by atoms with van der Waals surface area (Å²) in [6.07, 6.45) is 3.36. The first-order valence-corrected chi connectivity index (χ1v) is 6.68. The quantitative estimate of drug-likeness (QED) is 0.789. The van der Waals surface area contributed by atoms with E-state index in [4.69, 9.17) is 0 Å². The Balaban J connectivity index is 2.03. The third kappa shape index (κ3) is 1.83. The highest BCUT2D eigenvalue weighted by Crippen LogP contribution is 2.29. The zero-order valence-corrected chi connectivity index (χ0v) is 11.0. The maximum Gasteiger partial charge on any atom is 0.123 e. The molecule has 0 amide bonds. The molecule has 3 rings (SSSR count). The Kier molecular flexibility index (Phi) is 2.86. The van der Waals surface area contributed by atoms with Crippen LogP contribution in [0.1, 0.15) is 24.9 Å². The fraction of sp³-hybridized carbons (Fsp3) is 0.467. The highest BCUT2D eigenvalue weighted by molar-refractivity contribution is 5.84. The fourth-order valence-corrected chi connectivity index (χ4v) is 3.03. The van der Waals surface area contributed by atoms with E-state index in [-0.39, 0.29) is 5.82 Å².